The number of nitrogens with one attached hydrogen (secondary N) is 1. The standard InChI is InChI=1S/C15H19N3O11S3.Na/c1-7(19)30-5-11(21)16-9(15(25)26)4-17(13(23)6-31-8(2)20)18-12(22)3-10(14(18)24)32(27,28)29;/h9-10H,3-6H2,1-2H3,(H,16,21)(H,25,26)(H,27,28,29);/q;+1/p-1. The van der Waals surface area contributed by atoms with Gasteiger partial charge in [-0.3, -0.25) is 33.3 Å². The molecule has 0 saturated carbocycles. The Hall–Kier alpha value is -1.50. The minimum Gasteiger partial charge on any atom is -0.548 e. The number of carbonyl (C=O) groups excluding carboxylic acids is 7. The molecule has 1 heterocycles. The van der Waals surface area contributed by atoms with Gasteiger partial charge in [0.15, 0.2) is 15.5 Å². The van der Waals surface area contributed by atoms with Crippen molar-refractivity contribution in [3.05, 3.63) is 0 Å². The van der Waals surface area contributed by atoms with E-state index in [-0.39, 0.29) is 39.6 Å². The fourth-order valence-electron chi connectivity index (χ4n) is 2.37. The van der Waals surface area contributed by atoms with Crippen LogP contribution in [0.3, 0.4) is 0 Å². The van der Waals surface area contributed by atoms with Crippen molar-refractivity contribution in [1.82, 2.24) is 15.3 Å². The molecule has 0 aromatic carbocycles. The number of aliphatic carboxylic acids is 1. The van der Waals surface area contributed by atoms with Crippen LogP contribution in [0, 0.1) is 0 Å². The van der Waals surface area contributed by atoms with Crippen molar-refractivity contribution >= 4 is 73.5 Å². The van der Waals surface area contributed by atoms with Gasteiger partial charge in [0.25, 0.3) is 21.9 Å². The smallest absolute Gasteiger partial charge is 0.548 e. The Bertz CT molecular complexity index is 956. The van der Waals surface area contributed by atoms with Crippen LogP contribution in [0.1, 0.15) is 20.3 Å². The largest absolute Gasteiger partial charge is 1.00 e. The minimum atomic E-state index is -5.02. The molecule has 1 fully saturated rings. The van der Waals surface area contributed by atoms with Crippen LogP contribution in [0.25, 0.3) is 0 Å². The summed E-state index contributed by atoms with van der Waals surface area (Å²) in [5.74, 6) is -7.89. The predicted molar refractivity (Wildman–Crippen MR) is 107 cm³/mol. The molecule has 1 aliphatic heterocycles. The van der Waals surface area contributed by atoms with E-state index >= 15 is 0 Å². The van der Waals surface area contributed by atoms with Gasteiger partial charge in [0, 0.05) is 13.8 Å². The minimum absolute atomic E-state index is 0. The van der Waals surface area contributed by atoms with Crippen LogP contribution in [0.15, 0.2) is 0 Å². The Morgan fingerprint density at radius 1 is 1.15 bits per heavy atom. The van der Waals surface area contributed by atoms with Crippen LogP contribution >= 0.6 is 23.5 Å². The summed E-state index contributed by atoms with van der Waals surface area (Å²) in [4.78, 5) is 82.7. The second kappa shape index (κ2) is 13.4. The fourth-order valence-corrected chi connectivity index (χ4v) is 3.97. The van der Waals surface area contributed by atoms with Crippen molar-refractivity contribution in [1.29, 1.82) is 0 Å². The quantitative estimate of drug-likeness (QED) is 0.151. The van der Waals surface area contributed by atoms with Gasteiger partial charge in [-0.25, -0.2) is 5.01 Å². The molecule has 1 rings (SSSR count). The van der Waals surface area contributed by atoms with Crippen molar-refractivity contribution in [2.75, 3.05) is 18.1 Å². The van der Waals surface area contributed by atoms with Gasteiger partial charge in [0.1, 0.15) is 0 Å². The maximum atomic E-state index is 12.6. The van der Waals surface area contributed by atoms with Gasteiger partial charge in [-0.15, -0.1) is 0 Å². The average molecular weight is 536 g/mol. The number of imide groups is 1. The number of nitrogens with zero attached hydrogens (tertiary/aromatic N) is 2. The van der Waals surface area contributed by atoms with Gasteiger partial charge in [-0.05, 0) is 0 Å². The number of carboxylic acid groups (broad SMARTS) is 1. The second-order valence-electron chi connectivity index (χ2n) is 6.23. The van der Waals surface area contributed by atoms with E-state index in [1.807, 2.05) is 5.32 Å². The molecule has 0 radical (unpaired) electrons. The molecule has 178 valence electrons. The monoisotopic (exact) mass is 535 g/mol. The summed E-state index contributed by atoms with van der Waals surface area (Å²) >= 11 is 1.02. The molecule has 33 heavy (non-hydrogen) atoms. The maximum absolute atomic E-state index is 12.6. The van der Waals surface area contributed by atoms with Gasteiger partial charge in [-0.1, -0.05) is 23.5 Å². The summed E-state index contributed by atoms with van der Waals surface area (Å²) in [7, 11) is -5.02. The van der Waals surface area contributed by atoms with E-state index in [1.54, 1.807) is 0 Å². The van der Waals surface area contributed by atoms with Gasteiger partial charge in [-0.2, -0.15) is 13.4 Å². The molecule has 1 aliphatic rings. The van der Waals surface area contributed by atoms with E-state index in [4.69, 9.17) is 4.55 Å². The van der Waals surface area contributed by atoms with Crippen LogP contribution in [0.5, 0.6) is 0 Å². The molecule has 1 saturated heterocycles. The van der Waals surface area contributed by atoms with E-state index < -0.39 is 85.7 Å². The number of hydrogen-bond acceptors (Lipinski definition) is 12. The van der Waals surface area contributed by atoms with Crippen molar-refractivity contribution in [3.63, 3.8) is 0 Å². The second-order valence-corrected chi connectivity index (χ2v) is 10.1. The SMILES string of the molecule is CC(=O)SCC(=O)NC(CN(C(=O)CSC(C)=O)N1C(=O)CC(S(=O)(=O)O)C1=O)C(=O)[O-].[Na+]. The first-order valence-electron chi connectivity index (χ1n) is 8.55. The first kappa shape index (κ1) is 31.5. The Labute approximate surface area is 218 Å². The molecule has 0 bridgehead atoms. The van der Waals surface area contributed by atoms with Crippen molar-refractivity contribution in [3.8, 4) is 0 Å². The van der Waals surface area contributed by atoms with Crippen LogP contribution in [0.2, 0.25) is 0 Å². The molecule has 2 N–H and O–H groups in total. The third-order valence-electron chi connectivity index (χ3n) is 3.75. The number of hydrazine groups is 1. The van der Waals surface area contributed by atoms with Crippen LogP contribution < -0.4 is 40.0 Å². The Morgan fingerprint density at radius 3 is 2.09 bits per heavy atom. The van der Waals surface area contributed by atoms with E-state index in [2.05, 4.69) is 0 Å². The first-order chi connectivity index (χ1) is 14.6. The van der Waals surface area contributed by atoms with Gasteiger partial charge >= 0.3 is 29.6 Å². The van der Waals surface area contributed by atoms with Gasteiger partial charge < -0.3 is 15.2 Å². The van der Waals surface area contributed by atoms with E-state index in [0.717, 1.165) is 13.8 Å². The Morgan fingerprint density at radius 2 is 1.67 bits per heavy atom. The molecule has 0 aliphatic carbocycles. The van der Waals surface area contributed by atoms with E-state index in [0.29, 0.717) is 23.5 Å². The number of carbonyl (C=O) groups is 7. The zero-order valence-corrected chi connectivity index (χ0v) is 22.1. The molecular weight excluding hydrogens is 517 g/mol. The van der Waals surface area contributed by atoms with Crippen molar-refractivity contribution in [2.24, 2.45) is 0 Å². The molecule has 0 aromatic heterocycles. The zero-order chi connectivity index (χ0) is 24.8. The summed E-state index contributed by atoms with van der Waals surface area (Å²) in [6.45, 7) is 1.23. The number of amides is 4. The first-order valence-corrected chi connectivity index (χ1v) is 12.0. The normalized spacial score (nSPS) is 16.6. The molecule has 2 unspecified atom stereocenters. The Balaban J connectivity index is 0.0000102. The van der Waals surface area contributed by atoms with E-state index in [1.165, 1.54) is 0 Å². The third-order valence-corrected chi connectivity index (χ3v) is 6.45. The van der Waals surface area contributed by atoms with Crippen LogP contribution in [0.4, 0.5) is 0 Å². The van der Waals surface area contributed by atoms with Crippen molar-refractivity contribution in [2.45, 2.75) is 31.6 Å². The Kier molecular flexibility index (Phi) is 12.8. The summed E-state index contributed by atoms with van der Waals surface area (Å²) in [6.07, 6.45) is -1.01. The fraction of sp³-hybridized carbons (Fsp3) is 0.533. The molecular formula is C15H18N3NaO11S3. The summed E-state index contributed by atoms with van der Waals surface area (Å²) in [5.41, 5.74) is 0. The number of hydrogen-bond donors (Lipinski definition) is 2. The molecule has 4 amide bonds. The predicted octanol–water partition coefficient (Wildman–Crippen LogP) is -6.46. The third kappa shape index (κ3) is 9.71. The molecule has 0 aromatic rings. The number of thioether (sulfide) groups is 2. The zero-order valence-electron chi connectivity index (χ0n) is 17.6. The number of carboxylic acids is 1. The van der Waals surface area contributed by atoms with Crippen LogP contribution in [-0.4, -0.2) is 92.2 Å². The number of rotatable bonds is 10. The average Bonchev–Trinajstić information content (AvgIpc) is 2.95. The van der Waals surface area contributed by atoms with E-state index in [9.17, 15) is 47.1 Å². The maximum Gasteiger partial charge on any atom is 1.00 e. The van der Waals surface area contributed by atoms with Crippen LogP contribution in [-0.2, 0) is 43.7 Å². The van der Waals surface area contributed by atoms with Gasteiger partial charge in [0.2, 0.25) is 11.8 Å². The summed E-state index contributed by atoms with van der Waals surface area (Å²) < 4.78 is 31.9. The molecule has 0 spiro atoms. The summed E-state index contributed by atoms with van der Waals surface area (Å²) in [6, 6.07) is -1.98. The summed E-state index contributed by atoms with van der Waals surface area (Å²) in [5, 5.41) is 10.6. The molecule has 14 nitrogen and oxygen atoms in total. The topological polar surface area (TPSA) is 215 Å². The van der Waals surface area contributed by atoms with Crippen molar-refractivity contribution < 1.29 is 81.2 Å². The molecule has 18 heteroatoms. The van der Waals surface area contributed by atoms with Gasteiger partial charge in [0.05, 0.1) is 36.5 Å². The molecule has 2 atom stereocenters.